The van der Waals surface area contributed by atoms with Gasteiger partial charge in [-0.3, -0.25) is 4.68 Å². The van der Waals surface area contributed by atoms with Gasteiger partial charge in [-0.1, -0.05) is 30.3 Å². The number of hydrogen-bond donors (Lipinski definition) is 0. The molecule has 0 N–H and O–H groups in total. The third kappa shape index (κ3) is 3.60. The molecular formula is C14H17ClN2. The molecule has 0 aliphatic carbocycles. The van der Waals surface area contributed by atoms with Crippen molar-refractivity contribution in [3.63, 3.8) is 0 Å². The van der Waals surface area contributed by atoms with E-state index in [9.17, 15) is 0 Å². The van der Waals surface area contributed by atoms with E-state index in [1.54, 1.807) is 0 Å². The van der Waals surface area contributed by atoms with E-state index in [0.717, 1.165) is 18.5 Å². The minimum atomic E-state index is 0.453. The van der Waals surface area contributed by atoms with Crippen molar-refractivity contribution in [1.29, 1.82) is 0 Å². The van der Waals surface area contributed by atoms with Gasteiger partial charge in [0.1, 0.15) is 0 Å². The van der Waals surface area contributed by atoms with E-state index in [1.165, 1.54) is 5.56 Å². The molecule has 2 rings (SSSR count). The molecule has 90 valence electrons. The lowest BCUT2D eigenvalue weighted by Crippen LogP contribution is -2.10. The summed E-state index contributed by atoms with van der Waals surface area (Å²) in [6, 6.07) is 12.5. The number of aryl methyl sites for hydroxylation is 1. The van der Waals surface area contributed by atoms with E-state index >= 15 is 0 Å². The lowest BCUT2D eigenvalue weighted by molar-refractivity contribution is 0.568. The summed E-state index contributed by atoms with van der Waals surface area (Å²) in [6.45, 7) is 0. The molecule has 0 bridgehead atoms. The molecule has 0 saturated heterocycles. The van der Waals surface area contributed by atoms with E-state index in [-0.39, 0.29) is 0 Å². The van der Waals surface area contributed by atoms with Crippen LogP contribution in [0.2, 0.25) is 0 Å². The molecule has 3 heteroatoms. The van der Waals surface area contributed by atoms with Crippen LogP contribution < -0.4 is 0 Å². The van der Waals surface area contributed by atoms with Gasteiger partial charge in [0, 0.05) is 19.1 Å². The van der Waals surface area contributed by atoms with Crippen molar-refractivity contribution in [1.82, 2.24) is 9.78 Å². The van der Waals surface area contributed by atoms with E-state index in [0.29, 0.717) is 11.8 Å². The molecule has 2 aromatic rings. The Morgan fingerprint density at radius 2 is 1.94 bits per heavy atom. The van der Waals surface area contributed by atoms with E-state index in [1.807, 2.05) is 24.0 Å². The first-order chi connectivity index (χ1) is 8.28. The lowest BCUT2D eigenvalue weighted by Gasteiger charge is -2.12. The molecule has 1 unspecified atom stereocenters. The van der Waals surface area contributed by atoms with Crippen molar-refractivity contribution in [2.75, 3.05) is 5.88 Å². The maximum Gasteiger partial charge on any atom is 0.0627 e. The summed E-state index contributed by atoms with van der Waals surface area (Å²) in [5, 5.41) is 4.40. The first kappa shape index (κ1) is 12.2. The van der Waals surface area contributed by atoms with Gasteiger partial charge in [-0.2, -0.15) is 5.10 Å². The van der Waals surface area contributed by atoms with Gasteiger partial charge in [0.05, 0.1) is 5.69 Å². The van der Waals surface area contributed by atoms with Crippen molar-refractivity contribution in [3.8, 4) is 0 Å². The van der Waals surface area contributed by atoms with E-state index < -0.39 is 0 Å². The first-order valence-electron chi connectivity index (χ1n) is 5.86. The average Bonchev–Trinajstić information content (AvgIpc) is 2.75. The number of alkyl halides is 1. The number of halogens is 1. The molecule has 1 aromatic heterocycles. The Morgan fingerprint density at radius 3 is 2.53 bits per heavy atom. The van der Waals surface area contributed by atoms with Gasteiger partial charge in [-0.15, -0.1) is 11.6 Å². The molecule has 0 fully saturated rings. The van der Waals surface area contributed by atoms with E-state index in [2.05, 4.69) is 35.4 Å². The van der Waals surface area contributed by atoms with Gasteiger partial charge in [0.15, 0.2) is 0 Å². The average molecular weight is 249 g/mol. The largest absolute Gasteiger partial charge is 0.276 e. The monoisotopic (exact) mass is 248 g/mol. The van der Waals surface area contributed by atoms with Crippen LogP contribution in [0.3, 0.4) is 0 Å². The molecule has 0 aliphatic heterocycles. The second-order valence-electron chi connectivity index (χ2n) is 4.39. The Kier molecular flexibility index (Phi) is 4.21. The summed E-state index contributed by atoms with van der Waals surface area (Å²) in [6.07, 6.45) is 3.93. The molecule has 1 atom stereocenters. The zero-order valence-corrected chi connectivity index (χ0v) is 10.8. The van der Waals surface area contributed by atoms with Gasteiger partial charge in [-0.25, -0.2) is 0 Å². The van der Waals surface area contributed by atoms with Crippen LogP contribution >= 0.6 is 11.6 Å². The fraction of sp³-hybridized carbons (Fsp3) is 0.357. The zero-order chi connectivity index (χ0) is 12.1. The van der Waals surface area contributed by atoms with E-state index in [4.69, 9.17) is 11.6 Å². The molecule has 1 aromatic carbocycles. The molecule has 0 radical (unpaired) electrons. The number of rotatable bonds is 5. The Hall–Kier alpha value is -1.28. The predicted molar refractivity (Wildman–Crippen MR) is 71.3 cm³/mol. The van der Waals surface area contributed by atoms with Crippen LogP contribution in [0, 0.1) is 5.92 Å². The highest BCUT2D eigenvalue weighted by atomic mass is 35.5. The van der Waals surface area contributed by atoms with Crippen molar-refractivity contribution >= 4 is 11.6 Å². The number of benzene rings is 1. The summed E-state index contributed by atoms with van der Waals surface area (Å²) < 4.78 is 1.84. The third-order valence-corrected chi connectivity index (χ3v) is 3.29. The SMILES string of the molecule is Cn1ccc(CC(CCl)Cc2ccccc2)n1. The van der Waals surface area contributed by atoms with Crippen LogP contribution in [0.5, 0.6) is 0 Å². The fourth-order valence-electron chi connectivity index (χ4n) is 2.00. The normalized spacial score (nSPS) is 12.6. The molecule has 0 amide bonds. The fourth-order valence-corrected chi connectivity index (χ4v) is 2.21. The Morgan fingerprint density at radius 1 is 1.18 bits per heavy atom. The standard InChI is InChI=1S/C14H17ClN2/c1-17-8-7-14(16-17)10-13(11-15)9-12-5-3-2-4-6-12/h2-8,13H,9-11H2,1H3. The van der Waals surface area contributed by atoms with Gasteiger partial charge < -0.3 is 0 Å². The molecule has 0 saturated carbocycles. The molecular weight excluding hydrogens is 232 g/mol. The zero-order valence-electron chi connectivity index (χ0n) is 10.0. The van der Waals surface area contributed by atoms with Crippen LogP contribution in [0.4, 0.5) is 0 Å². The summed E-state index contributed by atoms with van der Waals surface area (Å²) in [7, 11) is 1.94. The number of nitrogens with zero attached hydrogens (tertiary/aromatic N) is 2. The molecule has 0 spiro atoms. The second kappa shape index (κ2) is 5.87. The molecule has 1 heterocycles. The topological polar surface area (TPSA) is 17.8 Å². The second-order valence-corrected chi connectivity index (χ2v) is 4.70. The Balaban J connectivity index is 1.98. The van der Waals surface area contributed by atoms with Crippen LogP contribution in [0.1, 0.15) is 11.3 Å². The molecule has 0 aliphatic rings. The van der Waals surface area contributed by atoms with Crippen LogP contribution in [0.15, 0.2) is 42.6 Å². The van der Waals surface area contributed by atoms with Gasteiger partial charge in [0.2, 0.25) is 0 Å². The molecule has 2 nitrogen and oxygen atoms in total. The summed E-state index contributed by atoms with van der Waals surface area (Å²) >= 11 is 6.04. The number of hydrogen-bond acceptors (Lipinski definition) is 1. The quantitative estimate of drug-likeness (QED) is 0.744. The van der Waals surface area contributed by atoms with Crippen molar-refractivity contribution in [2.24, 2.45) is 13.0 Å². The van der Waals surface area contributed by atoms with Gasteiger partial charge in [-0.05, 0) is 30.4 Å². The lowest BCUT2D eigenvalue weighted by atomic mass is 9.96. The van der Waals surface area contributed by atoms with Gasteiger partial charge in [0.25, 0.3) is 0 Å². The van der Waals surface area contributed by atoms with Crippen molar-refractivity contribution in [3.05, 3.63) is 53.9 Å². The third-order valence-electron chi connectivity index (χ3n) is 2.85. The van der Waals surface area contributed by atoms with Crippen LogP contribution in [0.25, 0.3) is 0 Å². The summed E-state index contributed by atoms with van der Waals surface area (Å²) in [5.74, 6) is 1.12. The summed E-state index contributed by atoms with van der Waals surface area (Å²) in [4.78, 5) is 0. The Bertz CT molecular complexity index is 450. The smallest absolute Gasteiger partial charge is 0.0627 e. The summed E-state index contributed by atoms with van der Waals surface area (Å²) in [5.41, 5.74) is 2.46. The highest BCUT2D eigenvalue weighted by Gasteiger charge is 2.11. The highest BCUT2D eigenvalue weighted by Crippen LogP contribution is 2.15. The van der Waals surface area contributed by atoms with Crippen LogP contribution in [-0.4, -0.2) is 15.7 Å². The predicted octanol–water partition coefficient (Wildman–Crippen LogP) is 3.06. The highest BCUT2D eigenvalue weighted by molar-refractivity contribution is 6.18. The minimum absolute atomic E-state index is 0.453. The van der Waals surface area contributed by atoms with Crippen molar-refractivity contribution in [2.45, 2.75) is 12.8 Å². The maximum atomic E-state index is 6.04. The first-order valence-corrected chi connectivity index (χ1v) is 6.40. The van der Waals surface area contributed by atoms with Crippen molar-refractivity contribution < 1.29 is 0 Å². The Labute approximate surface area is 107 Å². The minimum Gasteiger partial charge on any atom is -0.276 e. The van der Waals surface area contributed by atoms with Gasteiger partial charge >= 0.3 is 0 Å². The number of aromatic nitrogens is 2. The maximum absolute atomic E-state index is 6.04. The molecule has 17 heavy (non-hydrogen) atoms. The van der Waals surface area contributed by atoms with Crippen LogP contribution in [-0.2, 0) is 19.9 Å².